The van der Waals surface area contributed by atoms with Gasteiger partial charge in [-0.2, -0.15) is 0 Å². The minimum atomic E-state index is 1.01. The third-order valence-corrected chi connectivity index (χ3v) is 1.77. The Hall–Kier alpha value is -0.980. The van der Waals surface area contributed by atoms with Crippen LogP contribution in [-0.4, -0.2) is 0 Å². The van der Waals surface area contributed by atoms with Crippen LogP contribution in [0, 0.1) is 6.92 Å². The van der Waals surface area contributed by atoms with E-state index in [0.29, 0.717) is 0 Å². The molecule has 0 fully saturated rings. The second kappa shape index (κ2) is 4.15. The molecule has 0 bridgehead atoms. The lowest BCUT2D eigenvalue weighted by Gasteiger charge is -1.89. The summed E-state index contributed by atoms with van der Waals surface area (Å²) in [7, 11) is 0. The van der Waals surface area contributed by atoms with E-state index in [-0.39, 0.29) is 0 Å². The lowest BCUT2D eigenvalue weighted by atomic mass is 10.2. The lowest BCUT2D eigenvalue weighted by molar-refractivity contribution is 0.499. The number of hydrogen-bond acceptors (Lipinski definition) is 1. The van der Waals surface area contributed by atoms with E-state index in [1.54, 1.807) is 0 Å². The molecule has 66 valence electrons. The van der Waals surface area contributed by atoms with Gasteiger partial charge in [0.25, 0.3) is 0 Å². The Morgan fingerprint density at radius 1 is 1.17 bits per heavy atom. The van der Waals surface area contributed by atoms with Crippen molar-refractivity contribution in [2.45, 2.75) is 33.6 Å². The van der Waals surface area contributed by atoms with Gasteiger partial charge in [-0.3, -0.25) is 0 Å². The van der Waals surface area contributed by atoms with Gasteiger partial charge < -0.3 is 4.42 Å². The van der Waals surface area contributed by atoms with Crippen LogP contribution < -0.4 is 10.6 Å². The predicted molar refractivity (Wildman–Crippen MR) is 52.2 cm³/mol. The summed E-state index contributed by atoms with van der Waals surface area (Å²) in [5.74, 6) is 1.01. The van der Waals surface area contributed by atoms with Crippen LogP contribution in [-0.2, 0) is 0 Å². The molecule has 1 heterocycles. The molecule has 1 aliphatic carbocycles. The van der Waals surface area contributed by atoms with E-state index in [4.69, 9.17) is 4.42 Å². The summed E-state index contributed by atoms with van der Waals surface area (Å²) < 4.78 is 5.42. The Labute approximate surface area is 73.4 Å². The van der Waals surface area contributed by atoms with Crippen LogP contribution in [0.5, 0.6) is 0 Å². The van der Waals surface area contributed by atoms with Crippen LogP contribution in [0.25, 0.3) is 12.2 Å². The first-order valence-electron chi connectivity index (χ1n) is 4.63. The average Bonchev–Trinajstić information content (AvgIpc) is 2.48. The normalized spacial score (nSPS) is 13.2. The molecule has 0 aliphatic heterocycles. The zero-order valence-corrected chi connectivity index (χ0v) is 8.05. The van der Waals surface area contributed by atoms with Gasteiger partial charge in [0, 0.05) is 5.22 Å². The molecule has 1 nitrogen and oxygen atoms in total. The van der Waals surface area contributed by atoms with Crippen LogP contribution in [0.3, 0.4) is 0 Å². The second-order valence-electron chi connectivity index (χ2n) is 2.66. The van der Waals surface area contributed by atoms with Gasteiger partial charge >= 0.3 is 0 Å². The van der Waals surface area contributed by atoms with Crippen molar-refractivity contribution in [1.82, 2.24) is 0 Å². The van der Waals surface area contributed by atoms with Gasteiger partial charge in [0.05, 0.1) is 0 Å². The Morgan fingerprint density at radius 3 is 2.50 bits per heavy atom. The quantitative estimate of drug-likeness (QED) is 0.571. The molecule has 12 heavy (non-hydrogen) atoms. The van der Waals surface area contributed by atoms with Crippen molar-refractivity contribution in [2.24, 2.45) is 0 Å². The van der Waals surface area contributed by atoms with Gasteiger partial charge in [-0.05, 0) is 31.9 Å². The fourth-order valence-corrected chi connectivity index (χ4v) is 1.32. The average molecular weight is 164 g/mol. The maximum absolute atomic E-state index is 5.42. The van der Waals surface area contributed by atoms with Gasteiger partial charge in [0.2, 0.25) is 0 Å². The highest BCUT2D eigenvalue weighted by atomic mass is 16.3. The monoisotopic (exact) mass is 164 g/mol. The summed E-state index contributed by atoms with van der Waals surface area (Å²) in [6, 6.07) is 2.09. The second-order valence-corrected chi connectivity index (χ2v) is 2.66. The van der Waals surface area contributed by atoms with E-state index in [0.717, 1.165) is 24.0 Å². The number of furan rings is 1. The molecule has 1 aromatic heterocycles. The highest BCUT2D eigenvalue weighted by Crippen LogP contribution is 1.96. The summed E-state index contributed by atoms with van der Waals surface area (Å²) >= 11 is 0. The zero-order chi connectivity index (χ0) is 8.97. The summed E-state index contributed by atoms with van der Waals surface area (Å²) in [6.07, 6.45) is 6.67. The Kier molecular flexibility index (Phi) is 3.15. The van der Waals surface area contributed by atoms with Gasteiger partial charge in [0.15, 0.2) is 0 Å². The fourth-order valence-electron chi connectivity index (χ4n) is 1.32. The SMILES string of the molecule is CC.Cc1cc2c(o1)=CCCC=2. The van der Waals surface area contributed by atoms with E-state index >= 15 is 0 Å². The topological polar surface area (TPSA) is 13.1 Å². The van der Waals surface area contributed by atoms with Crippen LogP contribution >= 0.6 is 0 Å². The van der Waals surface area contributed by atoms with Crippen LogP contribution in [0.1, 0.15) is 32.4 Å². The molecule has 2 rings (SSSR count). The van der Waals surface area contributed by atoms with Gasteiger partial charge in [-0.1, -0.05) is 19.9 Å². The maximum Gasteiger partial charge on any atom is 0.129 e. The lowest BCUT2D eigenvalue weighted by Crippen LogP contribution is -2.21. The number of hydrogen-bond donors (Lipinski definition) is 0. The standard InChI is InChI=1S/C9H10O.C2H6/c1-7-6-8-4-2-3-5-9(8)10-7;1-2/h4-6H,2-3H2,1H3;1-2H3. The van der Waals surface area contributed by atoms with E-state index in [2.05, 4.69) is 18.2 Å². The van der Waals surface area contributed by atoms with Crippen molar-refractivity contribution in [3.8, 4) is 0 Å². The molecule has 0 radical (unpaired) electrons. The third-order valence-electron chi connectivity index (χ3n) is 1.77. The van der Waals surface area contributed by atoms with Crippen molar-refractivity contribution in [2.75, 3.05) is 0 Å². The number of aryl methyl sites for hydroxylation is 1. The molecule has 0 saturated heterocycles. The smallest absolute Gasteiger partial charge is 0.129 e. The Bertz CT molecular complexity index is 310. The predicted octanol–water partition coefficient (Wildman–Crippen LogP) is 1.97. The van der Waals surface area contributed by atoms with Crippen molar-refractivity contribution in [3.63, 3.8) is 0 Å². The molecule has 0 amide bonds. The molecule has 0 saturated carbocycles. The number of fused-ring (bicyclic) bond motifs is 1. The molecule has 1 aromatic rings. The largest absolute Gasteiger partial charge is 0.462 e. The minimum Gasteiger partial charge on any atom is -0.462 e. The fraction of sp³-hybridized carbons (Fsp3) is 0.455. The molecule has 0 aromatic carbocycles. The van der Waals surface area contributed by atoms with E-state index in [1.807, 2.05) is 20.8 Å². The Morgan fingerprint density at radius 2 is 1.83 bits per heavy atom. The molecule has 1 aliphatic rings. The molecule has 0 N–H and O–H groups in total. The molecule has 0 atom stereocenters. The summed E-state index contributed by atoms with van der Waals surface area (Å²) in [6.45, 7) is 5.99. The van der Waals surface area contributed by atoms with E-state index < -0.39 is 0 Å². The first-order chi connectivity index (χ1) is 5.86. The Balaban J connectivity index is 0.000000336. The molecule has 0 spiro atoms. The highest BCUT2D eigenvalue weighted by Gasteiger charge is 1.96. The summed E-state index contributed by atoms with van der Waals surface area (Å²) in [4.78, 5) is 0. The van der Waals surface area contributed by atoms with Crippen LogP contribution in [0.15, 0.2) is 10.5 Å². The first-order valence-corrected chi connectivity index (χ1v) is 4.63. The highest BCUT2D eigenvalue weighted by molar-refractivity contribution is 5.35. The van der Waals surface area contributed by atoms with Gasteiger partial charge in [-0.25, -0.2) is 0 Å². The van der Waals surface area contributed by atoms with Gasteiger partial charge in [-0.15, -0.1) is 0 Å². The molecular formula is C11H16O. The van der Waals surface area contributed by atoms with Gasteiger partial charge in [0.1, 0.15) is 11.2 Å². The van der Waals surface area contributed by atoms with Crippen LogP contribution in [0.4, 0.5) is 0 Å². The minimum absolute atomic E-state index is 1.01. The van der Waals surface area contributed by atoms with Crippen molar-refractivity contribution in [3.05, 3.63) is 22.5 Å². The van der Waals surface area contributed by atoms with Crippen LogP contribution in [0.2, 0.25) is 0 Å². The van der Waals surface area contributed by atoms with E-state index in [1.165, 1.54) is 5.22 Å². The molecule has 0 unspecified atom stereocenters. The van der Waals surface area contributed by atoms with Crippen molar-refractivity contribution in [1.29, 1.82) is 0 Å². The molecule has 1 heteroatoms. The third kappa shape index (κ3) is 1.79. The summed E-state index contributed by atoms with van der Waals surface area (Å²) in [5, 5.41) is 1.27. The van der Waals surface area contributed by atoms with Crippen molar-refractivity contribution >= 4 is 12.2 Å². The first kappa shape index (κ1) is 9.11. The number of rotatable bonds is 0. The van der Waals surface area contributed by atoms with Crippen molar-refractivity contribution < 1.29 is 4.42 Å². The van der Waals surface area contributed by atoms with E-state index in [9.17, 15) is 0 Å². The zero-order valence-electron chi connectivity index (χ0n) is 8.05. The molecular weight excluding hydrogens is 148 g/mol. The summed E-state index contributed by atoms with van der Waals surface area (Å²) in [5.41, 5.74) is 1.06. The maximum atomic E-state index is 5.42.